The average molecular weight is 451 g/mol. The number of aromatic nitrogens is 1. The van der Waals surface area contributed by atoms with E-state index in [0.29, 0.717) is 34.6 Å². The van der Waals surface area contributed by atoms with E-state index < -0.39 is 0 Å². The van der Waals surface area contributed by atoms with Crippen molar-refractivity contribution in [1.82, 2.24) is 4.98 Å². The summed E-state index contributed by atoms with van der Waals surface area (Å²) in [5.41, 5.74) is 2.43. The van der Waals surface area contributed by atoms with Crippen LogP contribution in [0.3, 0.4) is 0 Å². The van der Waals surface area contributed by atoms with Crippen LogP contribution in [0.1, 0.15) is 35.7 Å². The summed E-state index contributed by atoms with van der Waals surface area (Å²) >= 11 is 7.61. The number of hydrogen-bond acceptors (Lipinski definition) is 4. The van der Waals surface area contributed by atoms with E-state index >= 15 is 0 Å². The van der Waals surface area contributed by atoms with Gasteiger partial charge in [0.05, 0.1) is 23.4 Å². The molecule has 0 aliphatic carbocycles. The van der Waals surface area contributed by atoms with Gasteiger partial charge in [-0.25, -0.2) is 4.98 Å². The van der Waals surface area contributed by atoms with Crippen molar-refractivity contribution in [1.29, 1.82) is 0 Å². The molecule has 0 saturated carbocycles. The van der Waals surface area contributed by atoms with Crippen molar-refractivity contribution in [3.05, 3.63) is 88.9 Å². The molecule has 0 aliphatic rings. The normalized spacial score (nSPS) is 10.9. The van der Waals surface area contributed by atoms with Crippen LogP contribution < -0.4 is 9.64 Å². The average Bonchev–Trinajstić information content (AvgIpc) is 3.21. The van der Waals surface area contributed by atoms with Crippen LogP contribution in [0.15, 0.2) is 72.8 Å². The van der Waals surface area contributed by atoms with E-state index in [0.717, 1.165) is 28.6 Å². The van der Waals surface area contributed by atoms with Crippen LogP contribution in [0.4, 0.5) is 5.13 Å². The van der Waals surface area contributed by atoms with Crippen molar-refractivity contribution in [2.75, 3.05) is 11.5 Å². The predicted molar refractivity (Wildman–Crippen MR) is 128 cm³/mol. The van der Waals surface area contributed by atoms with Crippen molar-refractivity contribution >= 4 is 44.2 Å². The molecule has 4 aromatic rings. The molecule has 1 aromatic heterocycles. The molecule has 0 fully saturated rings. The third kappa shape index (κ3) is 5.24. The Kier molecular flexibility index (Phi) is 6.85. The molecule has 4 rings (SSSR count). The quantitative estimate of drug-likeness (QED) is 0.272. The monoisotopic (exact) mass is 450 g/mol. The number of carbonyl (C=O) groups excluding carboxylic acids is 1. The number of benzene rings is 3. The van der Waals surface area contributed by atoms with E-state index in [4.69, 9.17) is 21.3 Å². The maximum atomic E-state index is 13.6. The number of amides is 1. The van der Waals surface area contributed by atoms with Crippen molar-refractivity contribution in [2.24, 2.45) is 0 Å². The Morgan fingerprint density at radius 3 is 2.71 bits per heavy atom. The Morgan fingerprint density at radius 2 is 1.90 bits per heavy atom. The van der Waals surface area contributed by atoms with Crippen molar-refractivity contribution in [2.45, 2.75) is 26.3 Å². The number of anilines is 1. The standard InChI is InChI=1S/C25H23ClN2O2S/c1-2-3-14-30-21-11-7-10-19(15-21)24(29)28(17-18-8-5-4-6-9-18)25-27-22-13-12-20(26)16-23(22)31-25/h4-13,15-16H,2-3,14,17H2,1H3. The van der Waals surface area contributed by atoms with Crippen LogP contribution in [-0.2, 0) is 6.54 Å². The first-order valence-corrected chi connectivity index (χ1v) is 11.5. The second-order valence-corrected chi connectivity index (χ2v) is 8.66. The van der Waals surface area contributed by atoms with Gasteiger partial charge in [-0.15, -0.1) is 0 Å². The van der Waals surface area contributed by atoms with Gasteiger partial charge in [-0.05, 0) is 48.4 Å². The zero-order valence-electron chi connectivity index (χ0n) is 17.3. The van der Waals surface area contributed by atoms with E-state index in [1.54, 1.807) is 11.0 Å². The highest BCUT2D eigenvalue weighted by atomic mass is 35.5. The maximum absolute atomic E-state index is 13.6. The first-order valence-electron chi connectivity index (χ1n) is 10.3. The molecule has 1 heterocycles. The number of nitrogens with zero attached hydrogens (tertiary/aromatic N) is 2. The minimum atomic E-state index is -0.116. The molecule has 0 saturated heterocycles. The highest BCUT2D eigenvalue weighted by molar-refractivity contribution is 7.22. The van der Waals surface area contributed by atoms with Crippen LogP contribution >= 0.6 is 22.9 Å². The first kappa shape index (κ1) is 21.3. The SMILES string of the molecule is CCCCOc1cccc(C(=O)N(Cc2ccccc2)c2nc3ccc(Cl)cc3s2)c1. The fourth-order valence-corrected chi connectivity index (χ4v) is 4.44. The lowest BCUT2D eigenvalue weighted by atomic mass is 10.1. The minimum Gasteiger partial charge on any atom is -0.494 e. The molecular formula is C25H23ClN2O2S. The molecule has 31 heavy (non-hydrogen) atoms. The number of ether oxygens (including phenoxy) is 1. The Labute approximate surface area is 191 Å². The number of thiazole rings is 1. The topological polar surface area (TPSA) is 42.4 Å². The number of unbranched alkanes of at least 4 members (excludes halogenated alkanes) is 1. The summed E-state index contributed by atoms with van der Waals surface area (Å²) in [5, 5.41) is 1.30. The van der Waals surface area contributed by atoms with Crippen molar-refractivity contribution < 1.29 is 9.53 Å². The van der Waals surface area contributed by atoms with E-state index in [1.165, 1.54) is 11.3 Å². The summed E-state index contributed by atoms with van der Waals surface area (Å²) in [6.45, 7) is 3.19. The van der Waals surface area contributed by atoms with Crippen LogP contribution in [0.5, 0.6) is 5.75 Å². The molecule has 6 heteroatoms. The first-order chi connectivity index (χ1) is 15.1. The number of carbonyl (C=O) groups is 1. The van der Waals surface area contributed by atoms with Crippen LogP contribution in [-0.4, -0.2) is 17.5 Å². The Hall–Kier alpha value is -2.89. The van der Waals surface area contributed by atoms with Gasteiger partial charge in [-0.3, -0.25) is 9.69 Å². The summed E-state index contributed by atoms with van der Waals surface area (Å²) in [6.07, 6.45) is 2.04. The molecule has 1 amide bonds. The van der Waals surface area contributed by atoms with Gasteiger partial charge in [-0.1, -0.05) is 72.7 Å². The van der Waals surface area contributed by atoms with Gasteiger partial charge in [-0.2, -0.15) is 0 Å². The van der Waals surface area contributed by atoms with E-state index in [-0.39, 0.29) is 5.91 Å². The Bertz CT molecular complexity index is 1180. The molecule has 0 N–H and O–H groups in total. The molecule has 0 spiro atoms. The fourth-order valence-electron chi connectivity index (χ4n) is 3.20. The van der Waals surface area contributed by atoms with Gasteiger partial charge in [0, 0.05) is 10.6 Å². The highest BCUT2D eigenvalue weighted by Gasteiger charge is 2.22. The third-order valence-electron chi connectivity index (χ3n) is 4.85. The van der Waals surface area contributed by atoms with Gasteiger partial charge in [0.15, 0.2) is 5.13 Å². The van der Waals surface area contributed by atoms with Gasteiger partial charge in [0.2, 0.25) is 0 Å². The summed E-state index contributed by atoms with van der Waals surface area (Å²) in [6, 6.07) is 22.9. The zero-order valence-corrected chi connectivity index (χ0v) is 18.8. The number of hydrogen-bond donors (Lipinski definition) is 0. The number of fused-ring (bicyclic) bond motifs is 1. The maximum Gasteiger partial charge on any atom is 0.260 e. The van der Waals surface area contributed by atoms with Gasteiger partial charge in [0.1, 0.15) is 5.75 Å². The molecule has 0 unspecified atom stereocenters. The summed E-state index contributed by atoms with van der Waals surface area (Å²) in [4.78, 5) is 20.0. The lowest BCUT2D eigenvalue weighted by Crippen LogP contribution is -2.30. The second kappa shape index (κ2) is 9.94. The van der Waals surface area contributed by atoms with Crippen LogP contribution in [0.25, 0.3) is 10.2 Å². The second-order valence-electron chi connectivity index (χ2n) is 7.22. The lowest BCUT2D eigenvalue weighted by molar-refractivity contribution is 0.0984. The molecule has 4 nitrogen and oxygen atoms in total. The molecule has 3 aromatic carbocycles. The number of halogens is 1. The highest BCUT2D eigenvalue weighted by Crippen LogP contribution is 2.32. The summed E-state index contributed by atoms with van der Waals surface area (Å²) in [5.74, 6) is 0.588. The van der Waals surface area contributed by atoms with Crippen LogP contribution in [0, 0.1) is 0 Å². The van der Waals surface area contributed by atoms with Gasteiger partial charge >= 0.3 is 0 Å². The molecular weight excluding hydrogens is 428 g/mol. The summed E-state index contributed by atoms with van der Waals surface area (Å²) in [7, 11) is 0. The molecule has 0 atom stereocenters. The predicted octanol–water partition coefficient (Wildman–Crippen LogP) is 6.98. The molecule has 0 bridgehead atoms. The molecule has 0 aliphatic heterocycles. The molecule has 0 radical (unpaired) electrons. The van der Waals surface area contributed by atoms with E-state index in [2.05, 4.69) is 6.92 Å². The minimum absolute atomic E-state index is 0.116. The Morgan fingerprint density at radius 1 is 1.06 bits per heavy atom. The van der Waals surface area contributed by atoms with Gasteiger partial charge < -0.3 is 4.74 Å². The largest absolute Gasteiger partial charge is 0.494 e. The van der Waals surface area contributed by atoms with Crippen molar-refractivity contribution in [3.63, 3.8) is 0 Å². The Balaban J connectivity index is 1.68. The summed E-state index contributed by atoms with van der Waals surface area (Å²) < 4.78 is 6.75. The van der Waals surface area contributed by atoms with Crippen LogP contribution in [0.2, 0.25) is 5.02 Å². The van der Waals surface area contributed by atoms with E-state index in [1.807, 2.05) is 66.7 Å². The third-order valence-corrected chi connectivity index (χ3v) is 6.12. The fraction of sp³-hybridized carbons (Fsp3) is 0.200. The lowest BCUT2D eigenvalue weighted by Gasteiger charge is -2.20. The number of rotatable bonds is 8. The van der Waals surface area contributed by atoms with E-state index in [9.17, 15) is 4.79 Å². The smallest absolute Gasteiger partial charge is 0.260 e. The van der Waals surface area contributed by atoms with Gasteiger partial charge in [0.25, 0.3) is 5.91 Å². The van der Waals surface area contributed by atoms with Crippen molar-refractivity contribution in [3.8, 4) is 5.75 Å². The zero-order chi connectivity index (χ0) is 21.6. The molecule has 158 valence electrons.